The molecule has 0 spiro atoms. The van der Waals surface area contributed by atoms with Crippen LogP contribution in [0.2, 0.25) is 5.02 Å². The summed E-state index contributed by atoms with van der Waals surface area (Å²) in [5, 5.41) is 8.72. The third-order valence-electron chi connectivity index (χ3n) is 3.06. The number of nitrogens with one attached hydrogen (secondary N) is 1. The van der Waals surface area contributed by atoms with Crippen LogP contribution in [0.4, 0.5) is 10.7 Å². The van der Waals surface area contributed by atoms with Crippen molar-refractivity contribution in [3.63, 3.8) is 0 Å². The van der Waals surface area contributed by atoms with Crippen molar-refractivity contribution >= 4 is 39.7 Å². The summed E-state index contributed by atoms with van der Waals surface area (Å²) in [4.78, 5) is 13.8. The number of halogens is 1. The zero-order valence-electron chi connectivity index (χ0n) is 11.3. The molecule has 1 aliphatic heterocycles. The standard InChI is InChI=1S/C13H13ClN4O2S/c1-2-15-13-9(16-17-21-13)6-18-10-5-8(14)3-4-11(10)20-7-12(18)19/h3-5,15H,2,6-7H2,1H3. The Labute approximate surface area is 130 Å². The van der Waals surface area contributed by atoms with Crippen LogP contribution in [0.5, 0.6) is 5.75 Å². The third kappa shape index (κ3) is 2.79. The van der Waals surface area contributed by atoms with Crippen LogP contribution in [0.25, 0.3) is 0 Å². The Hall–Kier alpha value is -1.86. The van der Waals surface area contributed by atoms with Gasteiger partial charge in [-0.05, 0) is 25.1 Å². The van der Waals surface area contributed by atoms with Gasteiger partial charge in [-0.2, -0.15) is 0 Å². The van der Waals surface area contributed by atoms with Gasteiger partial charge in [0.1, 0.15) is 16.4 Å². The van der Waals surface area contributed by atoms with E-state index in [0.29, 0.717) is 23.0 Å². The molecule has 3 rings (SSSR count). The molecule has 0 bridgehead atoms. The zero-order chi connectivity index (χ0) is 14.8. The predicted molar refractivity (Wildman–Crippen MR) is 82.2 cm³/mol. The predicted octanol–water partition coefficient (Wildman–Crippen LogP) is 2.55. The number of carbonyl (C=O) groups excluding carboxylic acids is 1. The van der Waals surface area contributed by atoms with E-state index < -0.39 is 0 Å². The van der Waals surface area contributed by atoms with E-state index in [1.54, 1.807) is 23.1 Å². The molecule has 1 aliphatic rings. The van der Waals surface area contributed by atoms with E-state index in [1.165, 1.54) is 11.5 Å². The molecule has 8 heteroatoms. The van der Waals surface area contributed by atoms with Crippen LogP contribution in [0.15, 0.2) is 18.2 Å². The molecule has 0 unspecified atom stereocenters. The van der Waals surface area contributed by atoms with Gasteiger partial charge in [-0.3, -0.25) is 9.69 Å². The fourth-order valence-corrected chi connectivity index (χ4v) is 2.91. The summed E-state index contributed by atoms with van der Waals surface area (Å²) in [7, 11) is 0. The lowest BCUT2D eigenvalue weighted by atomic mass is 10.2. The fourth-order valence-electron chi connectivity index (χ4n) is 2.11. The Morgan fingerprint density at radius 2 is 2.38 bits per heavy atom. The van der Waals surface area contributed by atoms with Crippen molar-refractivity contribution in [2.45, 2.75) is 13.5 Å². The van der Waals surface area contributed by atoms with Gasteiger partial charge in [0, 0.05) is 23.1 Å². The number of anilines is 2. The highest BCUT2D eigenvalue weighted by molar-refractivity contribution is 7.10. The number of carbonyl (C=O) groups is 1. The summed E-state index contributed by atoms with van der Waals surface area (Å²) in [5.74, 6) is 0.521. The minimum atomic E-state index is -0.125. The molecule has 21 heavy (non-hydrogen) atoms. The molecule has 0 atom stereocenters. The second-order valence-electron chi connectivity index (χ2n) is 4.46. The third-order valence-corrected chi connectivity index (χ3v) is 4.03. The minimum absolute atomic E-state index is 0.0166. The number of aromatic nitrogens is 2. The fraction of sp³-hybridized carbons (Fsp3) is 0.308. The van der Waals surface area contributed by atoms with Crippen LogP contribution in [0.1, 0.15) is 12.6 Å². The maximum atomic E-state index is 12.2. The molecule has 1 amide bonds. The molecule has 0 aliphatic carbocycles. The first-order valence-electron chi connectivity index (χ1n) is 6.47. The Bertz CT molecular complexity index is 676. The van der Waals surface area contributed by atoms with Crippen molar-refractivity contribution in [1.82, 2.24) is 9.59 Å². The highest BCUT2D eigenvalue weighted by Crippen LogP contribution is 2.35. The van der Waals surface area contributed by atoms with E-state index in [4.69, 9.17) is 16.3 Å². The van der Waals surface area contributed by atoms with Gasteiger partial charge >= 0.3 is 0 Å². The van der Waals surface area contributed by atoms with Crippen molar-refractivity contribution in [1.29, 1.82) is 0 Å². The van der Waals surface area contributed by atoms with E-state index in [9.17, 15) is 4.79 Å². The van der Waals surface area contributed by atoms with Gasteiger partial charge in [0.15, 0.2) is 6.61 Å². The lowest BCUT2D eigenvalue weighted by Crippen LogP contribution is -2.38. The second-order valence-corrected chi connectivity index (χ2v) is 5.65. The van der Waals surface area contributed by atoms with Gasteiger partial charge in [-0.25, -0.2) is 0 Å². The molecular weight excluding hydrogens is 312 g/mol. The molecule has 0 fully saturated rings. The SMILES string of the molecule is CCNc1snnc1CN1C(=O)COc2ccc(Cl)cc21. The van der Waals surface area contributed by atoms with Crippen molar-refractivity contribution < 1.29 is 9.53 Å². The number of nitrogens with zero attached hydrogens (tertiary/aromatic N) is 3. The summed E-state index contributed by atoms with van der Waals surface area (Å²) in [6.07, 6.45) is 0. The molecule has 1 N–H and O–H groups in total. The smallest absolute Gasteiger partial charge is 0.265 e. The maximum Gasteiger partial charge on any atom is 0.265 e. The molecule has 0 saturated heterocycles. The number of hydrogen-bond donors (Lipinski definition) is 1. The Morgan fingerprint density at radius 1 is 1.52 bits per heavy atom. The van der Waals surface area contributed by atoms with Gasteiger partial charge in [0.2, 0.25) is 0 Å². The summed E-state index contributed by atoms with van der Waals surface area (Å²) < 4.78 is 9.36. The molecule has 2 aromatic rings. The maximum absolute atomic E-state index is 12.2. The number of amides is 1. The number of rotatable bonds is 4. The van der Waals surface area contributed by atoms with E-state index in [-0.39, 0.29) is 12.5 Å². The average Bonchev–Trinajstić information content (AvgIpc) is 2.90. The normalized spacial score (nSPS) is 13.8. The second kappa shape index (κ2) is 5.87. The summed E-state index contributed by atoms with van der Waals surface area (Å²) in [5.41, 5.74) is 1.40. The van der Waals surface area contributed by atoms with Crippen molar-refractivity contribution in [3.05, 3.63) is 28.9 Å². The summed E-state index contributed by atoms with van der Waals surface area (Å²) >= 11 is 7.30. The number of benzene rings is 1. The first-order chi connectivity index (χ1) is 10.2. The highest BCUT2D eigenvalue weighted by atomic mass is 35.5. The molecule has 2 heterocycles. The molecule has 1 aromatic heterocycles. The van der Waals surface area contributed by atoms with Crippen LogP contribution >= 0.6 is 23.1 Å². The van der Waals surface area contributed by atoms with Crippen LogP contribution < -0.4 is 15.0 Å². The van der Waals surface area contributed by atoms with Crippen molar-refractivity contribution in [3.8, 4) is 5.75 Å². The first kappa shape index (κ1) is 14.1. The number of ether oxygens (including phenoxy) is 1. The Balaban J connectivity index is 1.93. The van der Waals surface area contributed by atoms with Crippen LogP contribution in [0, 0.1) is 0 Å². The molecule has 110 valence electrons. The van der Waals surface area contributed by atoms with E-state index in [0.717, 1.165) is 17.2 Å². The van der Waals surface area contributed by atoms with Gasteiger partial charge in [0.05, 0.1) is 12.2 Å². The lowest BCUT2D eigenvalue weighted by Gasteiger charge is -2.29. The zero-order valence-corrected chi connectivity index (χ0v) is 12.9. The van der Waals surface area contributed by atoms with Gasteiger partial charge < -0.3 is 10.1 Å². The van der Waals surface area contributed by atoms with Crippen LogP contribution in [-0.2, 0) is 11.3 Å². The van der Waals surface area contributed by atoms with Crippen LogP contribution in [0.3, 0.4) is 0 Å². The number of fused-ring (bicyclic) bond motifs is 1. The van der Waals surface area contributed by atoms with E-state index in [1.807, 2.05) is 6.92 Å². The topological polar surface area (TPSA) is 67.4 Å². The Kier molecular flexibility index (Phi) is 3.94. The van der Waals surface area contributed by atoms with Gasteiger partial charge in [-0.15, -0.1) is 5.10 Å². The highest BCUT2D eigenvalue weighted by Gasteiger charge is 2.27. The largest absolute Gasteiger partial charge is 0.482 e. The van der Waals surface area contributed by atoms with Crippen molar-refractivity contribution in [2.24, 2.45) is 0 Å². The van der Waals surface area contributed by atoms with Crippen LogP contribution in [-0.4, -0.2) is 28.6 Å². The Morgan fingerprint density at radius 3 is 3.19 bits per heavy atom. The molecule has 1 aromatic carbocycles. The van der Waals surface area contributed by atoms with E-state index in [2.05, 4.69) is 14.9 Å². The first-order valence-corrected chi connectivity index (χ1v) is 7.62. The van der Waals surface area contributed by atoms with Gasteiger partial charge in [0.25, 0.3) is 5.91 Å². The summed E-state index contributed by atoms with van der Waals surface area (Å²) in [6, 6.07) is 5.23. The van der Waals surface area contributed by atoms with Gasteiger partial charge in [-0.1, -0.05) is 16.1 Å². The summed E-state index contributed by atoms with van der Waals surface area (Å²) in [6.45, 7) is 3.13. The lowest BCUT2D eigenvalue weighted by molar-refractivity contribution is -0.121. The molecule has 6 nitrogen and oxygen atoms in total. The minimum Gasteiger partial charge on any atom is -0.482 e. The monoisotopic (exact) mass is 324 g/mol. The molecular formula is C13H13ClN4O2S. The van der Waals surface area contributed by atoms with Crippen molar-refractivity contribution in [2.75, 3.05) is 23.4 Å². The van der Waals surface area contributed by atoms with E-state index >= 15 is 0 Å². The molecule has 0 saturated carbocycles. The molecule has 0 radical (unpaired) electrons. The average molecular weight is 325 g/mol. The quantitative estimate of drug-likeness (QED) is 0.936. The number of hydrogen-bond acceptors (Lipinski definition) is 6.